The molecule has 3 aliphatic rings. The van der Waals surface area contributed by atoms with Gasteiger partial charge in [0.25, 0.3) is 5.91 Å². The molecule has 2 unspecified atom stereocenters. The van der Waals surface area contributed by atoms with Crippen LogP contribution in [0.3, 0.4) is 0 Å². The smallest absolute Gasteiger partial charge is 0.408 e. The van der Waals surface area contributed by atoms with E-state index in [1.54, 1.807) is 20.8 Å². The zero-order valence-corrected chi connectivity index (χ0v) is 29.7. The molecule has 3 N–H and O–H groups in total. The summed E-state index contributed by atoms with van der Waals surface area (Å²) in [5, 5.41) is 8.17. The normalized spacial score (nSPS) is 27.7. The van der Waals surface area contributed by atoms with E-state index >= 15 is 0 Å². The highest BCUT2D eigenvalue weighted by Gasteiger charge is 2.56. The molecule has 0 aromatic rings. The fourth-order valence-electron chi connectivity index (χ4n) is 6.91. The highest BCUT2D eigenvalue weighted by atomic mass is 16.6. The number of amides is 4. The van der Waals surface area contributed by atoms with Gasteiger partial charge in [-0.2, -0.15) is 0 Å². The highest BCUT2D eigenvalue weighted by molar-refractivity contribution is 5.93. The van der Waals surface area contributed by atoms with E-state index in [0.29, 0.717) is 32.1 Å². The van der Waals surface area contributed by atoms with Crippen LogP contribution in [0.25, 0.3) is 0 Å². The molecule has 0 aromatic carbocycles. The fourth-order valence-corrected chi connectivity index (χ4v) is 6.91. The molecule has 3 rings (SSSR count). The van der Waals surface area contributed by atoms with E-state index in [2.05, 4.69) is 20.7 Å². The number of methoxy groups -OCH3 is 1. The molecule has 0 saturated carbocycles. The second-order valence-electron chi connectivity index (χ2n) is 14.8. The maximum absolute atomic E-state index is 14.4. The third-order valence-corrected chi connectivity index (χ3v) is 8.97. The predicted molar refractivity (Wildman–Crippen MR) is 174 cm³/mol. The molecule has 48 heavy (non-hydrogen) atoms. The summed E-state index contributed by atoms with van der Waals surface area (Å²) in [5.41, 5.74) is -1.30. The largest absolute Gasteiger partial charge is 0.468 e. The van der Waals surface area contributed by atoms with Gasteiger partial charge in [-0.05, 0) is 53.9 Å². The van der Waals surface area contributed by atoms with Gasteiger partial charge in [0, 0.05) is 19.4 Å². The van der Waals surface area contributed by atoms with Crippen LogP contribution in [0.15, 0.2) is 0 Å². The van der Waals surface area contributed by atoms with Crippen LogP contribution in [0.4, 0.5) is 4.79 Å². The van der Waals surface area contributed by atoms with Crippen LogP contribution < -0.4 is 16.0 Å². The maximum atomic E-state index is 14.4. The number of rotatable bonds is 6. The van der Waals surface area contributed by atoms with Gasteiger partial charge in [0.1, 0.15) is 24.2 Å². The topological polar surface area (TPSA) is 179 Å². The van der Waals surface area contributed by atoms with Gasteiger partial charge < -0.3 is 39.8 Å². The maximum Gasteiger partial charge on any atom is 0.408 e. The third-order valence-electron chi connectivity index (χ3n) is 8.97. The van der Waals surface area contributed by atoms with Crippen LogP contribution in [-0.2, 0) is 42.9 Å². The molecule has 0 radical (unpaired) electrons. The number of carbonyl (C=O) groups excluding carboxylic acids is 6. The zero-order chi connectivity index (χ0) is 35.6. The van der Waals surface area contributed by atoms with Crippen molar-refractivity contribution < 1.29 is 47.7 Å². The Kier molecular flexibility index (Phi) is 14.1. The summed E-state index contributed by atoms with van der Waals surface area (Å²) in [5.74, 6) is -3.45. The van der Waals surface area contributed by atoms with Crippen molar-refractivity contribution in [3.8, 4) is 0 Å². The fraction of sp³-hybridized carbons (Fsp3) is 0.824. The van der Waals surface area contributed by atoms with Crippen molar-refractivity contribution in [2.24, 2.45) is 5.92 Å². The van der Waals surface area contributed by atoms with Crippen molar-refractivity contribution >= 4 is 35.8 Å². The van der Waals surface area contributed by atoms with Gasteiger partial charge >= 0.3 is 18.0 Å². The number of esters is 2. The number of ether oxygens (including phenoxy) is 4. The van der Waals surface area contributed by atoms with Crippen LogP contribution in [-0.4, -0.2) is 102 Å². The van der Waals surface area contributed by atoms with Crippen LogP contribution >= 0.6 is 0 Å². The van der Waals surface area contributed by atoms with Crippen molar-refractivity contribution in [2.45, 2.75) is 154 Å². The first-order chi connectivity index (χ1) is 22.5. The van der Waals surface area contributed by atoms with Crippen LogP contribution in [0, 0.1) is 5.92 Å². The van der Waals surface area contributed by atoms with E-state index in [9.17, 15) is 28.8 Å². The van der Waals surface area contributed by atoms with Gasteiger partial charge in [-0.25, -0.2) is 4.79 Å². The quantitative estimate of drug-likeness (QED) is 0.279. The lowest BCUT2D eigenvalue weighted by molar-refractivity contribution is -0.157. The lowest BCUT2D eigenvalue weighted by Gasteiger charge is -2.34. The molecule has 3 aliphatic heterocycles. The Morgan fingerprint density at radius 2 is 1.60 bits per heavy atom. The number of nitrogens with one attached hydrogen (secondary N) is 3. The van der Waals surface area contributed by atoms with Crippen molar-refractivity contribution in [3.05, 3.63) is 0 Å². The van der Waals surface area contributed by atoms with E-state index in [0.717, 1.165) is 38.5 Å². The zero-order valence-electron chi connectivity index (χ0n) is 29.7. The minimum absolute atomic E-state index is 0.148. The number of alkyl carbamates (subject to hydrolysis) is 1. The Hall–Kier alpha value is -3.42. The molecule has 0 bridgehead atoms. The Balaban J connectivity index is 1.98. The Bertz CT molecular complexity index is 1170. The third kappa shape index (κ3) is 11.6. The molecular formula is C34H56N4O10. The number of carbonyl (C=O) groups is 6. The van der Waals surface area contributed by atoms with Crippen molar-refractivity contribution in [1.29, 1.82) is 0 Å². The number of nitrogens with zero attached hydrogens (tertiary/aromatic N) is 1. The second kappa shape index (κ2) is 17.3. The standard InChI is InChI=1S/C34H56N4O10/c1-21(39)46-28(30(42)35-19-26(40)45-7)23-16-14-12-10-8-9-11-13-15-17-24(37-32(44)48-33(2,3)4)31(43)38-20-25-22(18-34(5,6)47-25)27(38)29(41)36-23/h22-25,27-28H,8-20H2,1-7H3,(H,35,42)(H,36,41)(H,37,44)/t22-,23-,24-,25-,27?,28?/m0/s1. The number of fused-ring (bicyclic) bond motifs is 3. The lowest BCUT2D eigenvalue weighted by Crippen LogP contribution is -2.59. The van der Waals surface area contributed by atoms with Gasteiger partial charge in [-0.15, -0.1) is 0 Å². The average Bonchev–Trinajstić information content (AvgIpc) is 3.47. The molecule has 3 saturated heterocycles. The molecule has 272 valence electrons. The van der Waals surface area contributed by atoms with E-state index in [1.807, 2.05) is 13.8 Å². The summed E-state index contributed by atoms with van der Waals surface area (Å²) >= 11 is 0. The number of hydrogen-bond donors (Lipinski definition) is 3. The molecule has 14 heteroatoms. The first-order valence-corrected chi connectivity index (χ1v) is 17.3. The van der Waals surface area contributed by atoms with Crippen molar-refractivity contribution in [3.63, 3.8) is 0 Å². The molecule has 3 heterocycles. The monoisotopic (exact) mass is 680 g/mol. The molecule has 0 aromatic heterocycles. The lowest BCUT2D eigenvalue weighted by atomic mass is 9.89. The van der Waals surface area contributed by atoms with Crippen LogP contribution in [0.5, 0.6) is 0 Å². The molecule has 0 aliphatic carbocycles. The molecule has 3 fully saturated rings. The van der Waals surface area contributed by atoms with Crippen LogP contribution in [0.2, 0.25) is 0 Å². The molecule has 6 atom stereocenters. The van der Waals surface area contributed by atoms with Crippen molar-refractivity contribution in [2.75, 3.05) is 20.2 Å². The Morgan fingerprint density at radius 3 is 2.19 bits per heavy atom. The SMILES string of the molecule is COC(=O)CNC(=O)C(OC(C)=O)[C@@H]1CCCCCCCCCC[C@H](NC(=O)OC(C)(C)C)C(=O)N2C[C@@H]3OC(C)(C)C[C@@H]3C2C(=O)N1. The van der Waals surface area contributed by atoms with Gasteiger partial charge in [0.05, 0.1) is 24.9 Å². The Morgan fingerprint density at radius 1 is 1.00 bits per heavy atom. The van der Waals surface area contributed by atoms with E-state index < -0.39 is 83.8 Å². The van der Waals surface area contributed by atoms with Gasteiger partial charge in [0.15, 0.2) is 6.10 Å². The summed E-state index contributed by atoms with van der Waals surface area (Å²) in [6.07, 6.45) is 5.63. The average molecular weight is 681 g/mol. The minimum atomic E-state index is -1.43. The first-order valence-electron chi connectivity index (χ1n) is 17.3. The van der Waals surface area contributed by atoms with Crippen LogP contribution in [0.1, 0.15) is 112 Å². The van der Waals surface area contributed by atoms with E-state index in [-0.39, 0.29) is 12.5 Å². The molecule has 4 amide bonds. The highest BCUT2D eigenvalue weighted by Crippen LogP contribution is 2.43. The summed E-state index contributed by atoms with van der Waals surface area (Å²) in [6, 6.07) is -2.84. The molecular weight excluding hydrogens is 624 g/mol. The van der Waals surface area contributed by atoms with Crippen molar-refractivity contribution in [1.82, 2.24) is 20.9 Å². The summed E-state index contributed by atoms with van der Waals surface area (Å²) in [4.78, 5) is 80.3. The summed E-state index contributed by atoms with van der Waals surface area (Å²) in [7, 11) is 1.19. The van der Waals surface area contributed by atoms with Gasteiger partial charge in [-0.1, -0.05) is 51.4 Å². The minimum Gasteiger partial charge on any atom is -0.468 e. The number of hydrogen-bond acceptors (Lipinski definition) is 10. The summed E-state index contributed by atoms with van der Waals surface area (Å²) in [6.45, 7) is 9.97. The predicted octanol–water partition coefficient (Wildman–Crippen LogP) is 2.89. The molecule has 0 spiro atoms. The van der Waals surface area contributed by atoms with E-state index in [1.165, 1.54) is 18.9 Å². The first kappa shape index (κ1) is 39.0. The molecule has 14 nitrogen and oxygen atoms in total. The second-order valence-corrected chi connectivity index (χ2v) is 14.8. The van der Waals surface area contributed by atoms with Gasteiger partial charge in [-0.3, -0.25) is 24.0 Å². The van der Waals surface area contributed by atoms with E-state index in [4.69, 9.17) is 14.2 Å². The van der Waals surface area contributed by atoms with Gasteiger partial charge in [0.2, 0.25) is 11.8 Å². The summed E-state index contributed by atoms with van der Waals surface area (Å²) < 4.78 is 21.8. The Labute approximate surface area is 284 Å².